The van der Waals surface area contributed by atoms with E-state index < -0.39 is 0 Å². The van der Waals surface area contributed by atoms with E-state index in [-0.39, 0.29) is 0 Å². The minimum absolute atomic E-state index is 0.413. The lowest BCUT2D eigenvalue weighted by atomic mass is 10.0. The first kappa shape index (κ1) is 19.5. The van der Waals surface area contributed by atoms with E-state index in [1.165, 1.54) is 0 Å². The fourth-order valence-corrected chi connectivity index (χ4v) is 2.11. The Hall–Kier alpha value is -2.84. The number of hydrazone groups is 2. The largest absolute Gasteiger partial charge is 0.364 e. The summed E-state index contributed by atoms with van der Waals surface area (Å²) in [5.74, 6) is 0. The SMILES string of the molecule is CNC(=S)NN=CC(=NNC(=S)NC)c1ccc(-c2ccccc2)cc1. The lowest BCUT2D eigenvalue weighted by Crippen LogP contribution is -2.30. The summed E-state index contributed by atoms with van der Waals surface area (Å²) in [4.78, 5) is 0. The summed E-state index contributed by atoms with van der Waals surface area (Å²) in [6.07, 6.45) is 1.58. The molecule has 0 bridgehead atoms. The minimum atomic E-state index is 0.413. The molecule has 8 heteroatoms. The minimum Gasteiger partial charge on any atom is -0.364 e. The molecule has 0 unspecified atom stereocenters. The monoisotopic (exact) mass is 384 g/mol. The zero-order valence-corrected chi connectivity index (χ0v) is 16.1. The average molecular weight is 385 g/mol. The maximum Gasteiger partial charge on any atom is 0.186 e. The van der Waals surface area contributed by atoms with Crippen molar-refractivity contribution in [1.29, 1.82) is 0 Å². The van der Waals surface area contributed by atoms with E-state index in [1.54, 1.807) is 20.3 Å². The van der Waals surface area contributed by atoms with Crippen LogP contribution in [-0.2, 0) is 0 Å². The number of thiocarbonyl (C=S) groups is 2. The number of nitrogens with zero attached hydrogens (tertiary/aromatic N) is 2. The first-order valence-electron chi connectivity index (χ1n) is 7.86. The Labute approximate surface area is 163 Å². The third-order valence-electron chi connectivity index (χ3n) is 3.37. The normalized spacial score (nSPS) is 11.1. The molecule has 0 fully saturated rings. The highest BCUT2D eigenvalue weighted by Gasteiger charge is 2.04. The van der Waals surface area contributed by atoms with Gasteiger partial charge in [0.1, 0.15) is 5.71 Å². The summed E-state index contributed by atoms with van der Waals surface area (Å²) in [6.45, 7) is 0. The van der Waals surface area contributed by atoms with Crippen molar-refractivity contribution in [2.75, 3.05) is 14.1 Å². The zero-order valence-electron chi connectivity index (χ0n) is 14.5. The number of nitrogens with one attached hydrogen (secondary N) is 4. The molecule has 0 aliphatic heterocycles. The second-order valence-corrected chi connectivity index (χ2v) is 5.90. The molecule has 6 nitrogen and oxygen atoms in total. The van der Waals surface area contributed by atoms with E-state index in [9.17, 15) is 0 Å². The quantitative estimate of drug-likeness (QED) is 0.360. The highest BCUT2D eigenvalue weighted by molar-refractivity contribution is 7.80. The summed E-state index contributed by atoms with van der Waals surface area (Å²) < 4.78 is 0. The molecule has 2 aromatic carbocycles. The molecule has 0 aromatic heterocycles. The summed E-state index contributed by atoms with van der Waals surface area (Å²) in [7, 11) is 3.44. The van der Waals surface area contributed by atoms with Gasteiger partial charge < -0.3 is 10.6 Å². The van der Waals surface area contributed by atoms with E-state index in [1.807, 2.05) is 42.5 Å². The van der Waals surface area contributed by atoms with Gasteiger partial charge in [0.05, 0.1) is 6.21 Å². The molecule has 2 aromatic rings. The molecule has 0 saturated carbocycles. The molecule has 0 radical (unpaired) electrons. The Morgan fingerprint density at radius 1 is 0.808 bits per heavy atom. The second kappa shape index (κ2) is 10.2. The molecule has 26 heavy (non-hydrogen) atoms. The molecule has 0 atom stereocenters. The van der Waals surface area contributed by atoms with Gasteiger partial charge in [0, 0.05) is 19.7 Å². The Kier molecular flexibility index (Phi) is 7.66. The smallest absolute Gasteiger partial charge is 0.186 e. The molecular formula is C18H20N6S2. The molecule has 4 N–H and O–H groups in total. The molecular weight excluding hydrogens is 364 g/mol. The lowest BCUT2D eigenvalue weighted by molar-refractivity contribution is 0.972. The van der Waals surface area contributed by atoms with Crippen LogP contribution in [-0.4, -0.2) is 36.2 Å². The van der Waals surface area contributed by atoms with Gasteiger partial charge in [-0.15, -0.1) is 0 Å². The summed E-state index contributed by atoms with van der Waals surface area (Å²) in [5.41, 5.74) is 9.24. The van der Waals surface area contributed by atoms with Crippen LogP contribution in [0.4, 0.5) is 0 Å². The van der Waals surface area contributed by atoms with Gasteiger partial charge >= 0.3 is 0 Å². The highest BCUT2D eigenvalue weighted by Crippen LogP contribution is 2.19. The van der Waals surface area contributed by atoms with Crippen molar-refractivity contribution in [2.24, 2.45) is 10.2 Å². The second-order valence-electron chi connectivity index (χ2n) is 5.08. The van der Waals surface area contributed by atoms with Gasteiger partial charge in [0.25, 0.3) is 0 Å². The first-order valence-corrected chi connectivity index (χ1v) is 8.67. The molecule has 0 spiro atoms. The van der Waals surface area contributed by atoms with Gasteiger partial charge in [-0.25, -0.2) is 0 Å². The van der Waals surface area contributed by atoms with Gasteiger partial charge in [0.15, 0.2) is 10.2 Å². The van der Waals surface area contributed by atoms with Crippen molar-refractivity contribution in [1.82, 2.24) is 21.5 Å². The predicted molar refractivity (Wildman–Crippen MR) is 116 cm³/mol. The van der Waals surface area contributed by atoms with Crippen LogP contribution in [0.25, 0.3) is 11.1 Å². The number of hydrogen-bond acceptors (Lipinski definition) is 4. The highest BCUT2D eigenvalue weighted by atomic mass is 32.1. The van der Waals surface area contributed by atoms with E-state index in [0.717, 1.165) is 16.7 Å². The van der Waals surface area contributed by atoms with Gasteiger partial charge in [-0.2, -0.15) is 10.2 Å². The molecule has 0 aliphatic rings. The Morgan fingerprint density at radius 3 is 2.00 bits per heavy atom. The molecule has 0 aliphatic carbocycles. The van der Waals surface area contributed by atoms with Crippen molar-refractivity contribution in [2.45, 2.75) is 0 Å². The zero-order chi connectivity index (χ0) is 18.8. The predicted octanol–water partition coefficient (Wildman–Crippen LogP) is 2.23. The number of hydrogen-bond donors (Lipinski definition) is 4. The van der Waals surface area contributed by atoms with E-state index in [4.69, 9.17) is 24.4 Å². The Morgan fingerprint density at radius 2 is 1.38 bits per heavy atom. The fourth-order valence-electron chi connectivity index (χ4n) is 2.01. The number of benzene rings is 2. The molecule has 134 valence electrons. The Balaban J connectivity index is 2.23. The fraction of sp³-hybridized carbons (Fsp3) is 0.111. The standard InChI is InChI=1S/C18H20N6S2/c1-19-17(25)23-21-12-16(22-24-18(26)20-2)15-10-8-14(9-11-15)13-6-4-3-5-7-13/h3-12H,1-2H3,(H2,19,23,25)(H2,20,24,26). The lowest BCUT2D eigenvalue weighted by Gasteiger charge is -2.07. The van der Waals surface area contributed by atoms with Crippen LogP contribution in [0, 0.1) is 0 Å². The van der Waals surface area contributed by atoms with Crippen LogP contribution in [0.15, 0.2) is 64.8 Å². The van der Waals surface area contributed by atoms with Gasteiger partial charge in [-0.1, -0.05) is 54.6 Å². The van der Waals surface area contributed by atoms with Gasteiger partial charge in [-0.3, -0.25) is 10.9 Å². The molecule has 0 amide bonds. The summed E-state index contributed by atoms with van der Waals surface area (Å²) >= 11 is 10.1. The van der Waals surface area contributed by atoms with Crippen molar-refractivity contribution in [3.05, 3.63) is 60.2 Å². The Bertz CT molecular complexity index is 800. The topological polar surface area (TPSA) is 72.8 Å². The van der Waals surface area contributed by atoms with Gasteiger partial charge in [0.2, 0.25) is 0 Å². The maximum atomic E-state index is 5.06. The van der Waals surface area contributed by atoms with E-state index in [2.05, 4.69) is 43.8 Å². The van der Waals surface area contributed by atoms with Crippen LogP contribution in [0.2, 0.25) is 0 Å². The third kappa shape index (κ3) is 5.91. The van der Waals surface area contributed by atoms with Crippen molar-refractivity contribution in [3.63, 3.8) is 0 Å². The van der Waals surface area contributed by atoms with Crippen LogP contribution in [0.5, 0.6) is 0 Å². The van der Waals surface area contributed by atoms with Crippen LogP contribution in [0.3, 0.4) is 0 Å². The van der Waals surface area contributed by atoms with Crippen LogP contribution in [0.1, 0.15) is 5.56 Å². The average Bonchev–Trinajstić information content (AvgIpc) is 2.70. The number of rotatable bonds is 5. The van der Waals surface area contributed by atoms with Gasteiger partial charge in [-0.05, 0) is 35.6 Å². The van der Waals surface area contributed by atoms with Crippen LogP contribution < -0.4 is 21.5 Å². The van der Waals surface area contributed by atoms with E-state index in [0.29, 0.717) is 15.9 Å². The van der Waals surface area contributed by atoms with Crippen molar-refractivity contribution >= 4 is 46.6 Å². The van der Waals surface area contributed by atoms with Crippen molar-refractivity contribution in [3.8, 4) is 11.1 Å². The summed E-state index contributed by atoms with van der Waals surface area (Å²) in [5, 5.41) is 14.8. The molecule has 2 rings (SSSR count). The first-order chi connectivity index (χ1) is 12.6. The van der Waals surface area contributed by atoms with Crippen LogP contribution >= 0.6 is 24.4 Å². The van der Waals surface area contributed by atoms with Crippen molar-refractivity contribution < 1.29 is 0 Å². The summed E-state index contributed by atoms with van der Waals surface area (Å²) in [6, 6.07) is 18.2. The molecule has 0 saturated heterocycles. The third-order valence-corrected chi connectivity index (χ3v) is 3.96. The molecule has 0 heterocycles. The van der Waals surface area contributed by atoms with E-state index >= 15 is 0 Å². The maximum absolute atomic E-state index is 5.06.